The predicted octanol–water partition coefficient (Wildman–Crippen LogP) is 3.63. The third-order valence-electron chi connectivity index (χ3n) is 6.15. The lowest BCUT2D eigenvalue weighted by molar-refractivity contribution is 0.114. The minimum absolute atomic E-state index is 0.145. The monoisotopic (exact) mass is 360 g/mol. The summed E-state index contributed by atoms with van der Waals surface area (Å²) >= 11 is 0. The Bertz CT molecular complexity index is 1060. The van der Waals surface area contributed by atoms with Gasteiger partial charge in [-0.2, -0.15) is 0 Å². The average molecular weight is 360 g/mol. The number of nitrogens with zero attached hydrogens (tertiary/aromatic N) is 2. The highest BCUT2D eigenvalue weighted by Gasteiger charge is 2.34. The van der Waals surface area contributed by atoms with E-state index in [1.165, 1.54) is 28.5 Å². The summed E-state index contributed by atoms with van der Waals surface area (Å²) in [6, 6.07) is 18.5. The number of benzene rings is 2. The molecule has 0 amide bonds. The molecule has 2 unspecified atom stereocenters. The second-order valence-electron chi connectivity index (χ2n) is 7.86. The topological polar surface area (TPSA) is 34.5 Å². The lowest BCUT2D eigenvalue weighted by atomic mass is 9.83. The van der Waals surface area contributed by atoms with E-state index in [0.29, 0.717) is 11.8 Å². The van der Waals surface area contributed by atoms with Crippen LogP contribution in [-0.4, -0.2) is 29.7 Å². The molecule has 138 valence electrons. The van der Waals surface area contributed by atoms with Crippen LogP contribution in [0.4, 0.5) is 0 Å². The van der Waals surface area contributed by atoms with Gasteiger partial charge in [-0.3, -0.25) is 9.69 Å². The third kappa shape index (κ3) is 2.85. The van der Waals surface area contributed by atoms with Gasteiger partial charge in [-0.25, -0.2) is 0 Å². The number of likely N-dealkylation sites (tertiary alicyclic amines) is 1. The minimum atomic E-state index is 0.145. The van der Waals surface area contributed by atoms with Crippen molar-refractivity contribution >= 4 is 10.8 Å². The fraction of sp³-hybridized carbons (Fsp3) is 0.348. The molecule has 0 saturated carbocycles. The highest BCUT2D eigenvalue weighted by Crippen LogP contribution is 2.37. The van der Waals surface area contributed by atoms with Gasteiger partial charge in [-0.05, 0) is 35.2 Å². The highest BCUT2D eigenvalue weighted by atomic mass is 16.5. The van der Waals surface area contributed by atoms with Gasteiger partial charge in [0.2, 0.25) is 0 Å². The van der Waals surface area contributed by atoms with Crippen LogP contribution in [0.5, 0.6) is 5.75 Å². The van der Waals surface area contributed by atoms with Gasteiger partial charge in [0, 0.05) is 49.4 Å². The SMILES string of the molecule is COc1ccc2ccccc2c1CN1CC2CC(C1)c1cccc(=O)n1C2. The van der Waals surface area contributed by atoms with E-state index in [-0.39, 0.29) is 5.56 Å². The van der Waals surface area contributed by atoms with E-state index < -0.39 is 0 Å². The van der Waals surface area contributed by atoms with Crippen LogP contribution in [0.3, 0.4) is 0 Å². The standard InChI is InChI=1S/C23H24N2O2/c1-27-22-10-9-17-5-2-3-6-19(17)20(22)15-24-12-16-11-18(14-24)21-7-4-8-23(26)25(21)13-16/h2-10,16,18H,11-15H2,1H3. The van der Waals surface area contributed by atoms with E-state index in [1.54, 1.807) is 13.2 Å². The van der Waals surface area contributed by atoms with Crippen LogP contribution in [0.15, 0.2) is 59.4 Å². The lowest BCUT2D eigenvalue weighted by Gasteiger charge is -2.43. The Morgan fingerprint density at radius 2 is 1.89 bits per heavy atom. The van der Waals surface area contributed by atoms with Crippen LogP contribution in [0.2, 0.25) is 0 Å². The average Bonchev–Trinajstić information content (AvgIpc) is 2.69. The molecule has 2 aliphatic rings. The largest absolute Gasteiger partial charge is 0.496 e. The summed E-state index contributed by atoms with van der Waals surface area (Å²) in [4.78, 5) is 14.8. The molecule has 0 radical (unpaired) electrons. The number of aromatic nitrogens is 1. The van der Waals surface area contributed by atoms with E-state index in [0.717, 1.165) is 31.9 Å². The van der Waals surface area contributed by atoms with E-state index in [1.807, 2.05) is 10.6 Å². The van der Waals surface area contributed by atoms with Crippen LogP contribution < -0.4 is 10.3 Å². The number of hydrogen-bond donors (Lipinski definition) is 0. The summed E-state index contributed by atoms with van der Waals surface area (Å²) in [5, 5.41) is 2.52. The molecule has 4 heteroatoms. The molecule has 0 N–H and O–H groups in total. The van der Waals surface area contributed by atoms with Crippen molar-refractivity contribution in [1.82, 2.24) is 9.47 Å². The maximum absolute atomic E-state index is 12.2. The Hall–Kier alpha value is -2.59. The number of methoxy groups -OCH3 is 1. The van der Waals surface area contributed by atoms with Crippen molar-refractivity contribution in [3.8, 4) is 5.75 Å². The first-order chi connectivity index (χ1) is 13.2. The van der Waals surface area contributed by atoms with Gasteiger partial charge >= 0.3 is 0 Å². The van der Waals surface area contributed by atoms with Gasteiger partial charge in [0.1, 0.15) is 5.75 Å². The minimum Gasteiger partial charge on any atom is -0.496 e. The highest BCUT2D eigenvalue weighted by molar-refractivity contribution is 5.87. The number of rotatable bonds is 3. The second-order valence-corrected chi connectivity index (χ2v) is 7.86. The second kappa shape index (κ2) is 6.54. The van der Waals surface area contributed by atoms with Crippen molar-refractivity contribution in [2.24, 2.45) is 5.92 Å². The molecular formula is C23H24N2O2. The van der Waals surface area contributed by atoms with Crippen LogP contribution in [0.1, 0.15) is 23.6 Å². The summed E-state index contributed by atoms with van der Waals surface area (Å²) in [7, 11) is 1.75. The molecule has 0 spiro atoms. The quantitative estimate of drug-likeness (QED) is 0.715. The fourth-order valence-electron chi connectivity index (χ4n) is 5.02. The molecule has 3 aromatic rings. The van der Waals surface area contributed by atoms with Crippen LogP contribution in [0.25, 0.3) is 10.8 Å². The molecule has 3 heterocycles. The van der Waals surface area contributed by atoms with E-state index in [2.05, 4.69) is 47.4 Å². The number of fused-ring (bicyclic) bond motifs is 5. The van der Waals surface area contributed by atoms with Gasteiger partial charge in [0.05, 0.1) is 7.11 Å². The Labute approximate surface area is 159 Å². The normalized spacial score (nSPS) is 21.8. The Morgan fingerprint density at radius 1 is 1.00 bits per heavy atom. The van der Waals surface area contributed by atoms with Gasteiger partial charge in [-0.1, -0.05) is 36.4 Å². The van der Waals surface area contributed by atoms with Crippen molar-refractivity contribution in [2.45, 2.75) is 25.4 Å². The van der Waals surface area contributed by atoms with E-state index >= 15 is 0 Å². The molecule has 2 aromatic carbocycles. The smallest absolute Gasteiger partial charge is 0.250 e. The molecule has 27 heavy (non-hydrogen) atoms. The summed E-state index contributed by atoms with van der Waals surface area (Å²) in [6.07, 6.45) is 1.19. The van der Waals surface area contributed by atoms with Gasteiger partial charge in [0.15, 0.2) is 0 Å². The van der Waals surface area contributed by atoms with Gasteiger partial charge in [-0.15, -0.1) is 0 Å². The van der Waals surface area contributed by atoms with E-state index in [9.17, 15) is 4.79 Å². The van der Waals surface area contributed by atoms with Crippen LogP contribution in [-0.2, 0) is 13.1 Å². The summed E-state index contributed by atoms with van der Waals surface area (Å²) < 4.78 is 7.68. The molecule has 1 aromatic heterocycles. The van der Waals surface area contributed by atoms with Crippen molar-refractivity contribution < 1.29 is 4.74 Å². The number of ether oxygens (including phenoxy) is 1. The van der Waals surface area contributed by atoms with Crippen molar-refractivity contribution in [1.29, 1.82) is 0 Å². The first-order valence-corrected chi connectivity index (χ1v) is 9.69. The summed E-state index contributed by atoms with van der Waals surface area (Å²) in [6.45, 7) is 3.75. The maximum Gasteiger partial charge on any atom is 0.250 e. The van der Waals surface area contributed by atoms with Crippen molar-refractivity contribution in [3.05, 3.63) is 76.2 Å². The molecule has 2 atom stereocenters. The summed E-state index contributed by atoms with van der Waals surface area (Å²) in [5.74, 6) is 1.94. The fourth-order valence-corrected chi connectivity index (χ4v) is 5.02. The van der Waals surface area contributed by atoms with Gasteiger partial charge < -0.3 is 9.30 Å². The van der Waals surface area contributed by atoms with Gasteiger partial charge in [0.25, 0.3) is 5.56 Å². The van der Waals surface area contributed by atoms with E-state index in [4.69, 9.17) is 4.74 Å². The molecule has 0 aliphatic carbocycles. The molecule has 1 fully saturated rings. The molecule has 5 rings (SSSR count). The van der Waals surface area contributed by atoms with Crippen LogP contribution >= 0.6 is 0 Å². The zero-order valence-corrected chi connectivity index (χ0v) is 15.6. The molecule has 2 bridgehead atoms. The Kier molecular flexibility index (Phi) is 4.01. The Balaban J connectivity index is 1.48. The third-order valence-corrected chi connectivity index (χ3v) is 6.15. The molecule has 4 nitrogen and oxygen atoms in total. The van der Waals surface area contributed by atoms with Crippen molar-refractivity contribution in [3.63, 3.8) is 0 Å². The first kappa shape index (κ1) is 16.6. The first-order valence-electron chi connectivity index (χ1n) is 9.69. The maximum atomic E-state index is 12.2. The summed E-state index contributed by atoms with van der Waals surface area (Å²) in [5.41, 5.74) is 2.61. The zero-order chi connectivity index (χ0) is 18.4. The van der Waals surface area contributed by atoms with Crippen LogP contribution in [0, 0.1) is 5.92 Å². The predicted molar refractivity (Wildman–Crippen MR) is 107 cm³/mol. The van der Waals surface area contributed by atoms with Crippen molar-refractivity contribution in [2.75, 3.05) is 20.2 Å². The molecule has 1 saturated heterocycles. The lowest BCUT2D eigenvalue weighted by Crippen LogP contribution is -2.46. The number of pyridine rings is 1. The zero-order valence-electron chi connectivity index (χ0n) is 15.6. The number of hydrogen-bond acceptors (Lipinski definition) is 3. The Morgan fingerprint density at radius 3 is 2.78 bits per heavy atom. The molecular weight excluding hydrogens is 336 g/mol. The number of piperidine rings is 1. The molecule has 2 aliphatic heterocycles.